The van der Waals surface area contributed by atoms with Crippen molar-refractivity contribution < 1.29 is 13.9 Å². The van der Waals surface area contributed by atoms with Gasteiger partial charge in [0.2, 0.25) is 0 Å². The Morgan fingerprint density at radius 2 is 1.80 bits per heavy atom. The Morgan fingerprint density at radius 3 is 2.48 bits per heavy atom. The van der Waals surface area contributed by atoms with Gasteiger partial charge in [-0.25, -0.2) is 14.4 Å². The lowest BCUT2D eigenvalue weighted by Gasteiger charge is -2.09. The van der Waals surface area contributed by atoms with Crippen molar-refractivity contribution in [2.75, 3.05) is 5.32 Å². The van der Waals surface area contributed by atoms with Gasteiger partial charge < -0.3 is 10.1 Å². The molecule has 0 fully saturated rings. The van der Waals surface area contributed by atoms with Gasteiger partial charge in [0.1, 0.15) is 0 Å². The van der Waals surface area contributed by atoms with E-state index in [0.717, 1.165) is 11.1 Å². The normalized spacial score (nSPS) is 10.4. The molecule has 25 heavy (non-hydrogen) atoms. The molecule has 1 N–H and O–H groups in total. The summed E-state index contributed by atoms with van der Waals surface area (Å²) in [5.41, 5.74) is 2.98. The summed E-state index contributed by atoms with van der Waals surface area (Å²) in [5.74, 6) is -0.711. The molecule has 0 saturated heterocycles. The lowest BCUT2D eigenvalue weighted by atomic mass is 10.1. The van der Waals surface area contributed by atoms with Crippen LogP contribution in [0.4, 0.5) is 10.1 Å². The second-order valence-electron chi connectivity index (χ2n) is 5.56. The number of aromatic nitrogens is 2. The van der Waals surface area contributed by atoms with Gasteiger partial charge >= 0.3 is 6.01 Å². The Balaban J connectivity index is 1.70. The average molecular weight is 337 g/mol. The zero-order valence-electron chi connectivity index (χ0n) is 13.8. The smallest absolute Gasteiger partial charge is 0.322 e. The first kappa shape index (κ1) is 16.6. The predicted octanol–water partition coefficient (Wildman–Crippen LogP) is 4.28. The van der Waals surface area contributed by atoms with Crippen LogP contribution < -0.4 is 10.1 Å². The highest BCUT2D eigenvalue weighted by atomic mass is 19.1. The Kier molecular flexibility index (Phi) is 4.70. The molecule has 0 bridgehead atoms. The molecule has 0 spiro atoms. The highest BCUT2D eigenvalue weighted by Gasteiger charge is 2.11. The summed E-state index contributed by atoms with van der Waals surface area (Å²) in [6.45, 7) is 3.85. The van der Waals surface area contributed by atoms with Crippen molar-refractivity contribution in [1.29, 1.82) is 0 Å². The van der Waals surface area contributed by atoms with E-state index in [-0.39, 0.29) is 17.7 Å². The number of nitrogens with one attached hydrogen (secondary N) is 1. The molecule has 126 valence electrons. The summed E-state index contributed by atoms with van der Waals surface area (Å²) in [6.07, 6.45) is 2.81. The minimum atomic E-state index is -0.502. The number of rotatable bonds is 4. The first-order chi connectivity index (χ1) is 12.0. The highest BCUT2D eigenvalue weighted by molar-refractivity contribution is 6.05. The Bertz CT molecular complexity index is 911. The van der Waals surface area contributed by atoms with E-state index in [2.05, 4.69) is 15.3 Å². The van der Waals surface area contributed by atoms with E-state index in [9.17, 15) is 9.18 Å². The van der Waals surface area contributed by atoms with Crippen LogP contribution in [-0.4, -0.2) is 15.9 Å². The van der Waals surface area contributed by atoms with Gasteiger partial charge in [-0.2, -0.15) is 0 Å². The quantitative estimate of drug-likeness (QED) is 0.772. The van der Waals surface area contributed by atoms with E-state index in [1.165, 1.54) is 24.5 Å². The first-order valence-corrected chi connectivity index (χ1v) is 7.66. The maximum Gasteiger partial charge on any atom is 0.322 e. The summed E-state index contributed by atoms with van der Waals surface area (Å²) in [7, 11) is 0. The molecular formula is C19H16FN3O2. The monoisotopic (exact) mass is 337 g/mol. The SMILES string of the molecule is Cc1ccc(C(=O)Nc2cnc(Oc3ccccc3F)nc2)c(C)c1. The van der Waals surface area contributed by atoms with Gasteiger partial charge in [0.05, 0.1) is 18.1 Å². The Hall–Kier alpha value is -3.28. The standard InChI is InChI=1S/C19H16FN3O2/c1-12-7-8-15(13(2)9-12)18(24)23-14-10-21-19(22-11-14)25-17-6-4-3-5-16(17)20/h3-11H,1-2H3,(H,23,24). The number of aryl methyl sites for hydroxylation is 2. The summed E-state index contributed by atoms with van der Waals surface area (Å²) < 4.78 is 18.8. The maximum absolute atomic E-state index is 13.5. The predicted molar refractivity (Wildman–Crippen MR) is 92.4 cm³/mol. The molecule has 0 saturated carbocycles. The third kappa shape index (κ3) is 3.98. The molecule has 3 rings (SSSR count). The molecule has 0 atom stereocenters. The number of hydrogen-bond donors (Lipinski definition) is 1. The van der Waals surface area contributed by atoms with Crippen molar-refractivity contribution in [2.24, 2.45) is 0 Å². The van der Waals surface area contributed by atoms with E-state index in [0.29, 0.717) is 11.3 Å². The van der Waals surface area contributed by atoms with Gasteiger partial charge in [0.15, 0.2) is 11.6 Å². The molecule has 0 radical (unpaired) electrons. The topological polar surface area (TPSA) is 64.1 Å². The zero-order chi connectivity index (χ0) is 17.8. The van der Waals surface area contributed by atoms with E-state index in [4.69, 9.17) is 4.74 Å². The third-order valence-electron chi connectivity index (χ3n) is 3.55. The first-order valence-electron chi connectivity index (χ1n) is 7.66. The molecule has 1 aromatic heterocycles. The minimum absolute atomic E-state index is 0.00499. The fraction of sp³-hybridized carbons (Fsp3) is 0.105. The summed E-state index contributed by atoms with van der Waals surface area (Å²) in [5, 5.41) is 2.73. The molecule has 1 heterocycles. The van der Waals surface area contributed by atoms with Gasteiger partial charge in [-0.15, -0.1) is 0 Å². The zero-order valence-corrected chi connectivity index (χ0v) is 13.8. The number of nitrogens with zero attached hydrogens (tertiary/aromatic N) is 2. The van der Waals surface area contributed by atoms with Crippen molar-refractivity contribution in [3.05, 3.63) is 77.4 Å². The van der Waals surface area contributed by atoms with E-state index in [1.54, 1.807) is 18.2 Å². The molecule has 0 unspecified atom stereocenters. The second-order valence-corrected chi connectivity index (χ2v) is 5.56. The van der Waals surface area contributed by atoms with Gasteiger partial charge in [-0.3, -0.25) is 4.79 Å². The molecule has 0 aliphatic carbocycles. The Labute approximate surface area is 144 Å². The number of ether oxygens (including phenoxy) is 1. The molecule has 0 aliphatic heterocycles. The third-order valence-corrected chi connectivity index (χ3v) is 3.55. The second kappa shape index (κ2) is 7.09. The summed E-state index contributed by atoms with van der Waals surface area (Å²) >= 11 is 0. The molecule has 0 aliphatic rings. The molecule has 3 aromatic rings. The van der Waals surface area contributed by atoms with Gasteiger partial charge in [-0.1, -0.05) is 29.8 Å². The molecular weight excluding hydrogens is 321 g/mol. The van der Waals surface area contributed by atoms with E-state index >= 15 is 0 Å². The average Bonchev–Trinajstić information content (AvgIpc) is 2.58. The number of benzene rings is 2. The number of anilines is 1. The fourth-order valence-electron chi connectivity index (χ4n) is 2.33. The number of amides is 1. The maximum atomic E-state index is 13.5. The lowest BCUT2D eigenvalue weighted by molar-refractivity contribution is 0.102. The number of hydrogen-bond acceptors (Lipinski definition) is 4. The van der Waals surface area contributed by atoms with Crippen molar-refractivity contribution in [2.45, 2.75) is 13.8 Å². The van der Waals surface area contributed by atoms with E-state index < -0.39 is 5.82 Å². The van der Waals surface area contributed by atoms with Crippen LogP contribution in [0.25, 0.3) is 0 Å². The number of carbonyl (C=O) groups is 1. The summed E-state index contributed by atoms with van der Waals surface area (Å²) in [6, 6.07) is 11.6. The fourth-order valence-corrected chi connectivity index (χ4v) is 2.33. The van der Waals surface area contributed by atoms with Crippen molar-refractivity contribution in [3.63, 3.8) is 0 Å². The van der Waals surface area contributed by atoms with Crippen LogP contribution in [0.5, 0.6) is 11.8 Å². The number of carbonyl (C=O) groups excluding carboxylic acids is 1. The molecule has 5 nitrogen and oxygen atoms in total. The van der Waals surface area contributed by atoms with Crippen molar-refractivity contribution in [3.8, 4) is 11.8 Å². The van der Waals surface area contributed by atoms with Crippen LogP contribution in [0.15, 0.2) is 54.9 Å². The van der Waals surface area contributed by atoms with Crippen molar-refractivity contribution >= 4 is 11.6 Å². The van der Waals surface area contributed by atoms with Gasteiger partial charge in [-0.05, 0) is 37.6 Å². The number of para-hydroxylation sites is 1. The van der Waals surface area contributed by atoms with Crippen LogP contribution in [0, 0.1) is 19.7 Å². The molecule has 1 amide bonds. The van der Waals surface area contributed by atoms with Crippen LogP contribution >= 0.6 is 0 Å². The van der Waals surface area contributed by atoms with Crippen LogP contribution in [0.1, 0.15) is 21.5 Å². The van der Waals surface area contributed by atoms with Crippen LogP contribution in [0.2, 0.25) is 0 Å². The van der Waals surface area contributed by atoms with E-state index in [1.807, 2.05) is 26.0 Å². The summed E-state index contributed by atoms with van der Waals surface area (Å²) in [4.78, 5) is 20.3. The lowest BCUT2D eigenvalue weighted by Crippen LogP contribution is -2.14. The van der Waals surface area contributed by atoms with Gasteiger partial charge in [0.25, 0.3) is 5.91 Å². The largest absolute Gasteiger partial charge is 0.421 e. The van der Waals surface area contributed by atoms with Crippen LogP contribution in [0.3, 0.4) is 0 Å². The molecule has 6 heteroatoms. The number of halogens is 1. The highest BCUT2D eigenvalue weighted by Crippen LogP contribution is 2.21. The van der Waals surface area contributed by atoms with Crippen LogP contribution in [-0.2, 0) is 0 Å². The van der Waals surface area contributed by atoms with Gasteiger partial charge in [0, 0.05) is 5.56 Å². The van der Waals surface area contributed by atoms with Crippen molar-refractivity contribution in [1.82, 2.24) is 9.97 Å². The Morgan fingerprint density at radius 1 is 1.08 bits per heavy atom. The molecule has 2 aromatic carbocycles. The minimum Gasteiger partial charge on any atom is -0.421 e.